The second kappa shape index (κ2) is 7.08. The summed E-state index contributed by atoms with van der Waals surface area (Å²) in [6.45, 7) is 0.328. The average Bonchev–Trinajstić information content (AvgIpc) is 3.01. The minimum Gasteiger partial charge on any atom is -0.375 e. The number of rotatable bonds is 5. The molecule has 1 atom stereocenters. The zero-order valence-corrected chi connectivity index (χ0v) is 14.0. The lowest BCUT2D eigenvalue weighted by Gasteiger charge is -2.17. The Bertz CT molecular complexity index is 801. The van der Waals surface area contributed by atoms with Gasteiger partial charge in [-0.15, -0.1) is 11.3 Å². The maximum absolute atomic E-state index is 12.3. The fraction of sp³-hybridized carbons (Fsp3) is 0.176. The smallest absolute Gasteiger partial charge is 0.280 e. The Morgan fingerprint density at radius 2 is 2.00 bits per heavy atom. The van der Waals surface area contributed by atoms with Crippen molar-refractivity contribution in [3.8, 4) is 0 Å². The van der Waals surface area contributed by atoms with Gasteiger partial charge in [-0.25, -0.2) is 4.98 Å². The molecule has 1 N–H and O–H groups in total. The van der Waals surface area contributed by atoms with E-state index in [-0.39, 0.29) is 12.0 Å². The van der Waals surface area contributed by atoms with Crippen LogP contribution in [0.25, 0.3) is 10.2 Å². The largest absolute Gasteiger partial charge is 0.375 e. The number of carbonyl (C=O) groups is 1. The van der Waals surface area contributed by atoms with Gasteiger partial charge >= 0.3 is 0 Å². The highest BCUT2D eigenvalue weighted by Crippen LogP contribution is 2.25. The van der Waals surface area contributed by atoms with Gasteiger partial charge < -0.3 is 10.1 Å². The van der Waals surface area contributed by atoms with Gasteiger partial charge in [0.1, 0.15) is 6.10 Å². The molecular formula is C17H15ClN2O2S. The van der Waals surface area contributed by atoms with Crippen molar-refractivity contribution in [2.45, 2.75) is 6.10 Å². The Hall–Kier alpha value is -1.95. The van der Waals surface area contributed by atoms with E-state index in [0.717, 1.165) is 15.8 Å². The minimum atomic E-state index is -0.304. The van der Waals surface area contributed by atoms with Crippen LogP contribution in [0, 0.1) is 0 Å². The molecule has 3 aromatic rings. The lowest BCUT2D eigenvalue weighted by molar-refractivity contribution is 0.0828. The molecule has 6 heteroatoms. The van der Waals surface area contributed by atoms with E-state index in [1.54, 1.807) is 13.2 Å². The van der Waals surface area contributed by atoms with Crippen LogP contribution in [0.15, 0.2) is 48.5 Å². The predicted octanol–water partition coefficient (Wildman–Crippen LogP) is 4.07. The summed E-state index contributed by atoms with van der Waals surface area (Å²) in [6.07, 6.45) is -0.304. The molecule has 0 saturated carbocycles. The number of halogens is 1. The summed E-state index contributed by atoms with van der Waals surface area (Å²) in [4.78, 5) is 16.6. The maximum Gasteiger partial charge on any atom is 0.280 e. The molecule has 0 aliphatic carbocycles. The minimum absolute atomic E-state index is 0.208. The third kappa shape index (κ3) is 3.52. The van der Waals surface area contributed by atoms with Gasteiger partial charge in [-0.3, -0.25) is 4.79 Å². The van der Waals surface area contributed by atoms with Crippen LogP contribution in [0.2, 0.25) is 5.02 Å². The Kier molecular flexibility index (Phi) is 4.91. The highest BCUT2D eigenvalue weighted by Gasteiger charge is 2.17. The molecule has 0 fully saturated rings. The van der Waals surface area contributed by atoms with Crippen LogP contribution in [-0.2, 0) is 4.74 Å². The van der Waals surface area contributed by atoms with Crippen molar-refractivity contribution >= 4 is 39.1 Å². The summed E-state index contributed by atoms with van der Waals surface area (Å²) < 4.78 is 6.44. The zero-order valence-electron chi connectivity index (χ0n) is 12.5. The van der Waals surface area contributed by atoms with Gasteiger partial charge in [-0.2, -0.15) is 0 Å². The highest BCUT2D eigenvalue weighted by atomic mass is 35.5. The zero-order chi connectivity index (χ0) is 16.2. The molecule has 1 heterocycles. The second-order valence-corrected chi connectivity index (χ2v) is 6.38. The average molecular weight is 347 g/mol. The number of methoxy groups -OCH3 is 1. The van der Waals surface area contributed by atoms with Gasteiger partial charge in [0.25, 0.3) is 5.91 Å². The number of nitrogens with one attached hydrogen (secondary N) is 1. The molecule has 0 unspecified atom stereocenters. The topological polar surface area (TPSA) is 51.2 Å². The van der Waals surface area contributed by atoms with Gasteiger partial charge in [-0.05, 0) is 18.2 Å². The van der Waals surface area contributed by atoms with Gasteiger partial charge in [-0.1, -0.05) is 41.9 Å². The van der Waals surface area contributed by atoms with Crippen molar-refractivity contribution in [1.82, 2.24) is 10.3 Å². The summed E-state index contributed by atoms with van der Waals surface area (Å²) in [5.74, 6) is -0.208. The molecule has 23 heavy (non-hydrogen) atoms. The maximum atomic E-state index is 12.3. The van der Waals surface area contributed by atoms with Gasteiger partial charge in [0.15, 0.2) is 5.01 Å². The van der Waals surface area contributed by atoms with Crippen LogP contribution in [-0.4, -0.2) is 24.5 Å². The van der Waals surface area contributed by atoms with E-state index in [1.807, 2.05) is 42.5 Å². The second-order valence-electron chi connectivity index (χ2n) is 4.94. The first-order valence-corrected chi connectivity index (χ1v) is 8.29. The number of fused-ring (bicyclic) bond motifs is 1. The van der Waals surface area contributed by atoms with E-state index in [0.29, 0.717) is 16.6 Å². The van der Waals surface area contributed by atoms with Crippen molar-refractivity contribution in [2.75, 3.05) is 13.7 Å². The van der Waals surface area contributed by atoms with E-state index in [9.17, 15) is 4.79 Å². The van der Waals surface area contributed by atoms with Crippen LogP contribution < -0.4 is 5.32 Å². The number of nitrogens with zero attached hydrogens (tertiary/aromatic N) is 1. The quantitative estimate of drug-likeness (QED) is 0.757. The molecule has 0 aliphatic heterocycles. The van der Waals surface area contributed by atoms with Crippen LogP contribution in [0.4, 0.5) is 0 Å². The number of hydrogen-bond acceptors (Lipinski definition) is 4. The van der Waals surface area contributed by atoms with Crippen molar-refractivity contribution in [1.29, 1.82) is 0 Å². The van der Waals surface area contributed by atoms with Crippen LogP contribution in [0.1, 0.15) is 21.5 Å². The molecule has 0 radical (unpaired) electrons. The molecule has 118 valence electrons. The number of thiazole rings is 1. The molecule has 0 spiro atoms. The van der Waals surface area contributed by atoms with Gasteiger partial charge in [0.05, 0.1) is 10.2 Å². The molecular weight excluding hydrogens is 332 g/mol. The predicted molar refractivity (Wildman–Crippen MR) is 93.2 cm³/mol. The third-order valence-corrected chi connectivity index (χ3v) is 4.85. The normalized spacial score (nSPS) is 12.3. The van der Waals surface area contributed by atoms with Crippen molar-refractivity contribution in [3.63, 3.8) is 0 Å². The third-order valence-electron chi connectivity index (χ3n) is 3.47. The number of benzene rings is 2. The lowest BCUT2D eigenvalue weighted by Crippen LogP contribution is -2.29. The molecule has 1 amide bonds. The number of aromatic nitrogens is 1. The number of para-hydroxylation sites is 1. The van der Waals surface area contributed by atoms with E-state index in [2.05, 4.69) is 10.3 Å². The summed E-state index contributed by atoms with van der Waals surface area (Å²) in [7, 11) is 1.60. The number of hydrogen-bond donors (Lipinski definition) is 1. The Balaban J connectivity index is 1.71. The highest BCUT2D eigenvalue weighted by molar-refractivity contribution is 7.20. The first kappa shape index (κ1) is 15.9. The van der Waals surface area contributed by atoms with Crippen LogP contribution in [0.3, 0.4) is 0 Å². The van der Waals surface area contributed by atoms with Crippen LogP contribution >= 0.6 is 22.9 Å². The van der Waals surface area contributed by atoms with Gasteiger partial charge in [0, 0.05) is 24.2 Å². The Morgan fingerprint density at radius 1 is 1.26 bits per heavy atom. The first-order valence-electron chi connectivity index (χ1n) is 7.10. The van der Waals surface area contributed by atoms with Gasteiger partial charge in [0.2, 0.25) is 0 Å². The molecule has 4 nitrogen and oxygen atoms in total. The van der Waals surface area contributed by atoms with Crippen LogP contribution in [0.5, 0.6) is 0 Å². The fourth-order valence-electron chi connectivity index (χ4n) is 2.29. The number of amides is 1. The lowest BCUT2D eigenvalue weighted by atomic mass is 10.1. The van der Waals surface area contributed by atoms with E-state index >= 15 is 0 Å². The van der Waals surface area contributed by atoms with Crippen molar-refractivity contribution in [3.05, 3.63) is 64.1 Å². The van der Waals surface area contributed by atoms with Crippen molar-refractivity contribution < 1.29 is 9.53 Å². The van der Waals surface area contributed by atoms with E-state index in [4.69, 9.17) is 16.3 Å². The fourth-order valence-corrected chi connectivity index (χ4v) is 3.43. The SMILES string of the molecule is CO[C@@H](CNC(=O)c1nc2ccccc2s1)c1ccccc1Cl. The Labute approximate surface area is 143 Å². The number of carbonyl (C=O) groups excluding carboxylic acids is 1. The molecule has 2 aromatic carbocycles. The molecule has 0 saturated heterocycles. The summed E-state index contributed by atoms with van der Waals surface area (Å²) >= 11 is 7.55. The summed E-state index contributed by atoms with van der Waals surface area (Å²) in [5, 5.41) is 3.93. The monoisotopic (exact) mass is 346 g/mol. The molecule has 0 bridgehead atoms. The molecule has 0 aliphatic rings. The standard InChI is InChI=1S/C17H15ClN2O2S/c1-22-14(11-6-2-3-7-12(11)18)10-19-16(21)17-20-13-8-4-5-9-15(13)23-17/h2-9,14H,10H2,1H3,(H,19,21)/t14-/m0/s1. The van der Waals surface area contributed by atoms with Crippen molar-refractivity contribution in [2.24, 2.45) is 0 Å². The summed E-state index contributed by atoms with van der Waals surface area (Å²) in [5.41, 5.74) is 1.68. The number of ether oxygens (including phenoxy) is 1. The molecule has 3 rings (SSSR count). The van der Waals surface area contributed by atoms with E-state index < -0.39 is 0 Å². The molecule has 1 aromatic heterocycles. The Morgan fingerprint density at radius 3 is 2.74 bits per heavy atom. The first-order chi connectivity index (χ1) is 11.2. The van der Waals surface area contributed by atoms with E-state index in [1.165, 1.54) is 11.3 Å². The summed E-state index contributed by atoms with van der Waals surface area (Å²) in [6, 6.07) is 15.1.